The van der Waals surface area contributed by atoms with Gasteiger partial charge in [-0.25, -0.2) is 9.98 Å². The summed E-state index contributed by atoms with van der Waals surface area (Å²) in [6, 6.07) is 4.16. The van der Waals surface area contributed by atoms with Gasteiger partial charge < -0.3 is 26.3 Å². The van der Waals surface area contributed by atoms with Crippen LogP contribution in [0, 0.1) is 22.8 Å². The van der Waals surface area contributed by atoms with Gasteiger partial charge >= 0.3 is 5.97 Å². The lowest BCUT2D eigenvalue weighted by Gasteiger charge is -2.26. The molecule has 12 heteroatoms. The second kappa shape index (κ2) is 8.03. The number of anilines is 3. The number of methoxy groups -OCH3 is 1. The molecule has 3 rings (SSSR count). The molecule has 0 saturated carbocycles. The van der Waals surface area contributed by atoms with E-state index >= 15 is 0 Å². The summed E-state index contributed by atoms with van der Waals surface area (Å²) in [4.78, 5) is 20.0. The van der Waals surface area contributed by atoms with Gasteiger partial charge in [0.2, 0.25) is 5.96 Å². The van der Waals surface area contributed by atoms with Gasteiger partial charge in [0.15, 0.2) is 17.7 Å². The fraction of sp³-hybridized carbons (Fsp3) is 0.167. The molecule has 1 aromatic heterocycles. The summed E-state index contributed by atoms with van der Waals surface area (Å²) in [6.07, 6.45) is 1.76. The minimum Gasteiger partial charge on any atom is -0.493 e. The lowest BCUT2D eigenvalue weighted by Crippen LogP contribution is -2.32. The predicted molar refractivity (Wildman–Crippen MR) is 109 cm³/mol. The first kappa shape index (κ1) is 20.5. The van der Waals surface area contributed by atoms with Gasteiger partial charge in [0.1, 0.15) is 29.3 Å². The lowest BCUT2D eigenvalue weighted by molar-refractivity contribution is -0.132. The average Bonchev–Trinajstić information content (AvgIpc) is 2.68. The Hall–Kier alpha value is -4.22. The maximum absolute atomic E-state index is 11.4. The first-order valence-corrected chi connectivity index (χ1v) is 8.73. The second-order valence-electron chi connectivity index (χ2n) is 6.03. The molecular formula is C18H15ClN8O3. The summed E-state index contributed by atoms with van der Waals surface area (Å²) >= 11 is 6.32. The van der Waals surface area contributed by atoms with E-state index in [0.29, 0.717) is 11.1 Å². The monoisotopic (exact) mass is 426 g/mol. The van der Waals surface area contributed by atoms with Crippen molar-refractivity contribution in [1.29, 1.82) is 10.5 Å². The number of aromatic nitrogens is 1. The molecule has 2 aromatic rings. The number of nitriles is 2. The number of esters is 1. The number of nitrogens with zero attached hydrogens (tertiary/aromatic N) is 4. The highest BCUT2D eigenvalue weighted by Crippen LogP contribution is 2.44. The first-order valence-electron chi connectivity index (χ1n) is 8.35. The number of hydrogen-bond donors (Lipinski definition) is 4. The Morgan fingerprint density at radius 3 is 2.70 bits per heavy atom. The molecule has 152 valence electrons. The number of nitrogens with two attached hydrogens (primary N) is 2. The Balaban J connectivity index is 2.25. The molecule has 1 atom stereocenters. The molecule has 0 radical (unpaired) electrons. The Bertz CT molecular complexity index is 1170. The van der Waals surface area contributed by atoms with Gasteiger partial charge in [-0.15, -0.1) is 0 Å². The van der Waals surface area contributed by atoms with E-state index in [4.69, 9.17) is 37.8 Å². The molecule has 0 spiro atoms. The maximum atomic E-state index is 11.4. The number of pyridine rings is 1. The van der Waals surface area contributed by atoms with Gasteiger partial charge in [0, 0.05) is 12.5 Å². The number of carbonyl (C=O) groups excluding carboxylic acids is 1. The molecule has 1 unspecified atom stereocenters. The van der Waals surface area contributed by atoms with Crippen LogP contribution in [0.5, 0.6) is 11.5 Å². The van der Waals surface area contributed by atoms with Crippen LogP contribution in [-0.4, -0.2) is 24.0 Å². The molecule has 1 aliphatic rings. The zero-order valence-electron chi connectivity index (χ0n) is 15.8. The van der Waals surface area contributed by atoms with E-state index < -0.39 is 12.0 Å². The Kier molecular flexibility index (Phi) is 5.49. The molecule has 11 nitrogen and oxygen atoms in total. The highest BCUT2D eigenvalue weighted by molar-refractivity contribution is 6.32. The molecule has 0 aliphatic carbocycles. The Morgan fingerprint density at radius 2 is 2.10 bits per heavy atom. The minimum atomic E-state index is -0.824. The van der Waals surface area contributed by atoms with Crippen LogP contribution >= 0.6 is 11.6 Å². The summed E-state index contributed by atoms with van der Waals surface area (Å²) < 4.78 is 10.4. The van der Waals surface area contributed by atoms with E-state index in [-0.39, 0.29) is 45.4 Å². The summed E-state index contributed by atoms with van der Waals surface area (Å²) in [5.41, 5.74) is 13.0. The molecule has 30 heavy (non-hydrogen) atoms. The number of rotatable bonds is 3. The molecular weight excluding hydrogens is 412 g/mol. The first-order chi connectivity index (χ1) is 14.3. The van der Waals surface area contributed by atoms with E-state index in [9.17, 15) is 10.1 Å². The smallest absolute Gasteiger partial charge is 0.308 e. The van der Waals surface area contributed by atoms with E-state index in [2.05, 4.69) is 20.6 Å². The van der Waals surface area contributed by atoms with Crippen molar-refractivity contribution in [1.82, 2.24) is 10.3 Å². The molecule has 1 aliphatic heterocycles. The molecule has 0 fully saturated rings. The van der Waals surface area contributed by atoms with Crippen LogP contribution in [0.3, 0.4) is 0 Å². The van der Waals surface area contributed by atoms with Gasteiger partial charge in [-0.05, 0) is 17.7 Å². The zero-order chi connectivity index (χ0) is 22.0. The fourth-order valence-electron chi connectivity index (χ4n) is 2.96. The number of benzene rings is 1. The largest absolute Gasteiger partial charge is 0.493 e. The topological polar surface area (TPSA) is 184 Å². The number of nitrogens with one attached hydrogen (secondary N) is 2. The maximum Gasteiger partial charge on any atom is 0.308 e. The van der Waals surface area contributed by atoms with Crippen molar-refractivity contribution in [2.45, 2.75) is 13.0 Å². The minimum absolute atomic E-state index is 0.00189. The summed E-state index contributed by atoms with van der Waals surface area (Å²) in [7, 11) is 1.38. The molecule has 1 aromatic carbocycles. The molecule has 2 heterocycles. The number of hydrogen-bond acceptors (Lipinski definition) is 11. The summed E-state index contributed by atoms with van der Waals surface area (Å²) in [5, 5.41) is 23.7. The van der Waals surface area contributed by atoms with Gasteiger partial charge in [0.25, 0.3) is 0 Å². The van der Waals surface area contributed by atoms with Gasteiger partial charge in [-0.2, -0.15) is 10.5 Å². The second-order valence-corrected chi connectivity index (χ2v) is 6.44. The highest BCUT2D eigenvalue weighted by Gasteiger charge is 2.31. The van der Waals surface area contributed by atoms with E-state index in [1.807, 2.05) is 6.07 Å². The van der Waals surface area contributed by atoms with Crippen molar-refractivity contribution in [3.8, 4) is 23.8 Å². The number of nitrogen functional groups attached to an aromatic ring is 2. The quantitative estimate of drug-likeness (QED) is 0.243. The van der Waals surface area contributed by atoms with Crippen LogP contribution in [0.4, 0.5) is 17.3 Å². The van der Waals surface area contributed by atoms with Crippen molar-refractivity contribution in [2.75, 3.05) is 23.9 Å². The van der Waals surface area contributed by atoms with Gasteiger partial charge in [0.05, 0.1) is 17.8 Å². The standard InChI is InChI=1S/C18H15ClN8O3/c1-7(28)30-15-10(19)3-8(4-11(15)29-2)14-12-13(22)9(5-20)16(23)26-17(12)27-18(25-14)24-6-21/h3-4,14H,1-2H3,(H6,22,23,24,25,26,27). The predicted octanol–water partition coefficient (Wildman–Crippen LogP) is 1.65. The third-order valence-corrected chi connectivity index (χ3v) is 4.45. The number of carbonyl (C=O) groups is 1. The molecule has 0 saturated heterocycles. The highest BCUT2D eigenvalue weighted by atomic mass is 35.5. The van der Waals surface area contributed by atoms with Crippen LogP contribution in [0.25, 0.3) is 0 Å². The Labute approximate surface area is 175 Å². The number of guanidine groups is 1. The summed E-state index contributed by atoms with van der Waals surface area (Å²) in [6.45, 7) is 1.23. The van der Waals surface area contributed by atoms with Crippen LogP contribution in [0.2, 0.25) is 5.02 Å². The normalized spacial score (nSPS) is 14.3. The lowest BCUT2D eigenvalue weighted by atomic mass is 9.95. The van der Waals surface area contributed by atoms with Crippen molar-refractivity contribution >= 4 is 40.9 Å². The SMILES string of the molecule is COc1cc(C2N=C(NC#N)Nc3nc(N)c(C#N)c(N)c32)cc(Cl)c1OC(C)=O. The zero-order valence-corrected chi connectivity index (χ0v) is 16.5. The van der Waals surface area contributed by atoms with Gasteiger partial charge in [-0.3, -0.25) is 10.1 Å². The van der Waals surface area contributed by atoms with E-state index in [0.717, 1.165) is 0 Å². The van der Waals surface area contributed by atoms with Crippen LogP contribution in [0.1, 0.15) is 29.7 Å². The van der Waals surface area contributed by atoms with Crippen molar-refractivity contribution in [2.24, 2.45) is 4.99 Å². The van der Waals surface area contributed by atoms with Crippen molar-refractivity contribution < 1.29 is 14.3 Å². The Morgan fingerprint density at radius 1 is 1.37 bits per heavy atom. The molecule has 0 amide bonds. The fourth-order valence-corrected chi connectivity index (χ4v) is 3.22. The summed E-state index contributed by atoms with van der Waals surface area (Å²) in [5.74, 6) is -0.105. The third-order valence-electron chi connectivity index (χ3n) is 4.17. The van der Waals surface area contributed by atoms with E-state index in [1.165, 1.54) is 20.1 Å². The van der Waals surface area contributed by atoms with Crippen molar-refractivity contribution in [3.63, 3.8) is 0 Å². The van der Waals surface area contributed by atoms with Crippen LogP contribution < -0.4 is 31.6 Å². The average molecular weight is 427 g/mol. The number of fused-ring (bicyclic) bond motifs is 1. The third kappa shape index (κ3) is 3.57. The van der Waals surface area contributed by atoms with E-state index in [1.54, 1.807) is 12.3 Å². The molecule has 6 N–H and O–H groups in total. The number of aliphatic imine (C=N–C) groups is 1. The van der Waals surface area contributed by atoms with Crippen LogP contribution in [0.15, 0.2) is 17.1 Å². The number of ether oxygens (including phenoxy) is 2. The van der Waals surface area contributed by atoms with Crippen LogP contribution in [-0.2, 0) is 4.79 Å². The van der Waals surface area contributed by atoms with Crippen molar-refractivity contribution in [3.05, 3.63) is 33.8 Å². The number of halogens is 1. The molecule has 0 bridgehead atoms. The van der Waals surface area contributed by atoms with Gasteiger partial charge in [-0.1, -0.05) is 11.6 Å².